The second kappa shape index (κ2) is 5.40. The molecule has 2 N–H and O–H groups in total. The number of carbonyl (C=O) groups is 2. The lowest BCUT2D eigenvalue weighted by Gasteiger charge is -2.11. The van der Waals surface area contributed by atoms with Crippen molar-refractivity contribution in [2.75, 3.05) is 0 Å². The van der Waals surface area contributed by atoms with Crippen molar-refractivity contribution in [3.63, 3.8) is 0 Å². The summed E-state index contributed by atoms with van der Waals surface area (Å²) < 4.78 is 4.72. The monoisotopic (exact) mass is 188 g/mol. The fourth-order valence-corrected chi connectivity index (χ4v) is 0.501. The van der Waals surface area contributed by atoms with Crippen LogP contribution in [-0.4, -0.2) is 18.1 Å². The van der Waals surface area contributed by atoms with Crippen LogP contribution in [-0.2, 0) is 9.53 Å². The highest BCUT2D eigenvalue weighted by molar-refractivity contribution is 5.80. The largest absolute Gasteiger partial charge is 0.446 e. The van der Waals surface area contributed by atoms with E-state index in [1.807, 2.05) is 0 Å². The van der Waals surface area contributed by atoms with E-state index in [1.165, 1.54) is 0 Å². The molecule has 0 heterocycles. The van der Waals surface area contributed by atoms with Crippen molar-refractivity contribution in [3.05, 3.63) is 0 Å². The molecule has 0 aromatic rings. The average molecular weight is 188 g/mol. The molecule has 0 atom stereocenters. The van der Waals surface area contributed by atoms with Crippen molar-refractivity contribution in [1.29, 1.82) is 0 Å². The maximum absolute atomic E-state index is 11.0. The minimum absolute atomic E-state index is 0.167. The number of ether oxygens (including phenoxy) is 1. The molecular weight excluding hydrogens is 172 g/mol. The Kier molecular flexibility index (Phi) is 4.87. The zero-order valence-electron chi connectivity index (χ0n) is 8.38. The van der Waals surface area contributed by atoms with Gasteiger partial charge in [0.15, 0.2) is 0 Å². The zero-order chi connectivity index (χ0) is 10.4. The van der Waals surface area contributed by atoms with Crippen LogP contribution >= 0.6 is 0 Å². The van der Waals surface area contributed by atoms with Crippen LogP contribution in [0.3, 0.4) is 0 Å². The SMILES string of the molecule is CC(C)OC(=O)NNC(=O)C(C)C. The highest BCUT2D eigenvalue weighted by Crippen LogP contribution is 1.90. The van der Waals surface area contributed by atoms with Crippen molar-refractivity contribution in [3.8, 4) is 0 Å². The molecule has 5 heteroatoms. The molecule has 0 bridgehead atoms. The highest BCUT2D eigenvalue weighted by atomic mass is 16.6. The summed E-state index contributed by atoms with van der Waals surface area (Å²) in [6, 6.07) is 0. The summed E-state index contributed by atoms with van der Waals surface area (Å²) in [5, 5.41) is 0. The van der Waals surface area contributed by atoms with Gasteiger partial charge >= 0.3 is 6.09 Å². The van der Waals surface area contributed by atoms with E-state index in [1.54, 1.807) is 27.7 Å². The summed E-state index contributed by atoms with van der Waals surface area (Å²) >= 11 is 0. The van der Waals surface area contributed by atoms with Crippen molar-refractivity contribution >= 4 is 12.0 Å². The van der Waals surface area contributed by atoms with Gasteiger partial charge in [-0.25, -0.2) is 10.2 Å². The maximum atomic E-state index is 11.0. The topological polar surface area (TPSA) is 67.4 Å². The Balaban J connectivity index is 3.64. The van der Waals surface area contributed by atoms with E-state index in [-0.39, 0.29) is 17.9 Å². The van der Waals surface area contributed by atoms with E-state index >= 15 is 0 Å². The fourth-order valence-electron chi connectivity index (χ4n) is 0.501. The maximum Gasteiger partial charge on any atom is 0.426 e. The summed E-state index contributed by atoms with van der Waals surface area (Å²) in [5.41, 5.74) is 4.36. The number of carbonyl (C=O) groups excluding carboxylic acids is 2. The molecule has 0 spiro atoms. The molecule has 0 aromatic carbocycles. The molecule has 2 amide bonds. The van der Waals surface area contributed by atoms with Gasteiger partial charge in [-0.2, -0.15) is 0 Å². The smallest absolute Gasteiger partial charge is 0.426 e. The average Bonchev–Trinajstić information content (AvgIpc) is 1.98. The summed E-state index contributed by atoms with van der Waals surface area (Å²) in [5.74, 6) is -0.417. The van der Waals surface area contributed by atoms with Gasteiger partial charge in [0.25, 0.3) is 0 Å². The van der Waals surface area contributed by atoms with E-state index < -0.39 is 6.09 Å². The lowest BCUT2D eigenvalue weighted by atomic mass is 10.2. The molecule has 0 aliphatic rings. The van der Waals surface area contributed by atoms with Gasteiger partial charge in [-0.15, -0.1) is 0 Å². The third-order valence-corrected chi connectivity index (χ3v) is 1.15. The van der Waals surface area contributed by atoms with Crippen LogP contribution in [0, 0.1) is 5.92 Å². The minimum atomic E-state index is -0.649. The molecule has 0 saturated heterocycles. The number of rotatable bonds is 2. The van der Waals surface area contributed by atoms with Gasteiger partial charge in [0.1, 0.15) is 0 Å². The van der Waals surface area contributed by atoms with E-state index in [9.17, 15) is 9.59 Å². The van der Waals surface area contributed by atoms with Gasteiger partial charge in [0, 0.05) is 5.92 Å². The summed E-state index contributed by atoms with van der Waals surface area (Å²) in [6.45, 7) is 6.91. The standard InChI is InChI=1S/C8H16N2O3/c1-5(2)7(11)9-10-8(12)13-6(3)4/h5-6H,1-4H3,(H,9,11)(H,10,12). The van der Waals surface area contributed by atoms with Crippen molar-refractivity contribution in [2.24, 2.45) is 5.92 Å². The van der Waals surface area contributed by atoms with Gasteiger partial charge in [0.05, 0.1) is 6.10 Å². The van der Waals surface area contributed by atoms with Crippen LogP contribution in [0.4, 0.5) is 4.79 Å². The Morgan fingerprint density at radius 2 is 1.62 bits per heavy atom. The zero-order valence-corrected chi connectivity index (χ0v) is 8.38. The minimum Gasteiger partial charge on any atom is -0.446 e. The molecule has 0 saturated carbocycles. The summed E-state index contributed by atoms with van der Waals surface area (Å²) in [7, 11) is 0. The molecule has 0 radical (unpaired) electrons. The normalized spacial score (nSPS) is 10.0. The summed E-state index contributed by atoms with van der Waals surface area (Å²) in [4.78, 5) is 21.8. The van der Waals surface area contributed by atoms with Crippen LogP contribution in [0.2, 0.25) is 0 Å². The Hall–Kier alpha value is -1.26. The molecule has 76 valence electrons. The van der Waals surface area contributed by atoms with Gasteiger partial charge in [0.2, 0.25) is 5.91 Å². The van der Waals surface area contributed by atoms with Gasteiger partial charge in [-0.05, 0) is 13.8 Å². The number of amides is 2. The van der Waals surface area contributed by atoms with Gasteiger partial charge in [-0.3, -0.25) is 10.2 Å². The highest BCUT2D eigenvalue weighted by Gasteiger charge is 2.09. The van der Waals surface area contributed by atoms with Crippen LogP contribution in [0.1, 0.15) is 27.7 Å². The Bertz CT molecular complexity index is 190. The van der Waals surface area contributed by atoms with Crippen LogP contribution in [0.25, 0.3) is 0 Å². The Morgan fingerprint density at radius 1 is 1.08 bits per heavy atom. The lowest BCUT2D eigenvalue weighted by Crippen LogP contribution is -2.44. The van der Waals surface area contributed by atoms with E-state index in [2.05, 4.69) is 10.9 Å². The number of hydrogen-bond acceptors (Lipinski definition) is 3. The molecule has 0 fully saturated rings. The van der Waals surface area contributed by atoms with Crippen molar-refractivity contribution in [1.82, 2.24) is 10.9 Å². The predicted molar refractivity (Wildman–Crippen MR) is 47.7 cm³/mol. The van der Waals surface area contributed by atoms with Crippen LogP contribution < -0.4 is 10.9 Å². The molecule has 0 rings (SSSR count). The first kappa shape index (κ1) is 11.7. The molecular formula is C8H16N2O3. The van der Waals surface area contributed by atoms with Gasteiger partial charge in [-0.1, -0.05) is 13.8 Å². The van der Waals surface area contributed by atoms with E-state index in [0.717, 1.165) is 0 Å². The van der Waals surface area contributed by atoms with Gasteiger partial charge < -0.3 is 4.74 Å². The summed E-state index contributed by atoms with van der Waals surface area (Å²) in [6.07, 6.45) is -0.847. The number of hydrazine groups is 1. The first-order valence-corrected chi connectivity index (χ1v) is 4.20. The Morgan fingerprint density at radius 3 is 2.00 bits per heavy atom. The second-order valence-corrected chi connectivity index (χ2v) is 3.22. The number of nitrogens with one attached hydrogen (secondary N) is 2. The van der Waals surface area contributed by atoms with Crippen molar-refractivity contribution in [2.45, 2.75) is 33.8 Å². The predicted octanol–water partition coefficient (Wildman–Crippen LogP) is 0.808. The third kappa shape index (κ3) is 5.95. The van der Waals surface area contributed by atoms with Crippen LogP contribution in [0.15, 0.2) is 0 Å². The molecule has 13 heavy (non-hydrogen) atoms. The second-order valence-electron chi connectivity index (χ2n) is 3.22. The molecule has 0 unspecified atom stereocenters. The van der Waals surface area contributed by atoms with E-state index in [4.69, 9.17) is 4.74 Å². The first-order valence-electron chi connectivity index (χ1n) is 4.20. The molecule has 5 nitrogen and oxygen atoms in total. The first-order chi connectivity index (χ1) is 5.93. The molecule has 0 aliphatic carbocycles. The van der Waals surface area contributed by atoms with E-state index in [0.29, 0.717) is 0 Å². The Labute approximate surface area is 77.8 Å². The number of hydrogen-bond donors (Lipinski definition) is 2. The van der Waals surface area contributed by atoms with Crippen LogP contribution in [0.5, 0.6) is 0 Å². The lowest BCUT2D eigenvalue weighted by molar-refractivity contribution is -0.124. The van der Waals surface area contributed by atoms with Crippen molar-refractivity contribution < 1.29 is 14.3 Å². The molecule has 0 aliphatic heterocycles. The molecule has 0 aromatic heterocycles. The quantitative estimate of drug-likeness (QED) is 0.630. The fraction of sp³-hybridized carbons (Fsp3) is 0.750. The third-order valence-electron chi connectivity index (χ3n) is 1.15.